The van der Waals surface area contributed by atoms with Crippen LogP contribution in [0.15, 0.2) is 24.3 Å². The Morgan fingerprint density at radius 2 is 1.90 bits per heavy atom. The lowest BCUT2D eigenvalue weighted by Gasteiger charge is -2.33. The Morgan fingerprint density at radius 3 is 2.48 bits per heavy atom. The molecule has 0 aliphatic heterocycles. The minimum atomic E-state index is -0.305. The van der Waals surface area contributed by atoms with Crippen molar-refractivity contribution in [3.63, 3.8) is 0 Å². The first kappa shape index (κ1) is 16.3. The van der Waals surface area contributed by atoms with Crippen LogP contribution < -0.4 is 11.1 Å². The predicted octanol–water partition coefficient (Wildman–Crippen LogP) is 3.96. The molecule has 4 heteroatoms. The van der Waals surface area contributed by atoms with Crippen LogP contribution in [0.5, 0.6) is 0 Å². The van der Waals surface area contributed by atoms with Crippen LogP contribution in [0.1, 0.15) is 63.5 Å². The van der Waals surface area contributed by atoms with Crippen molar-refractivity contribution >= 4 is 17.5 Å². The Kier molecular flexibility index (Phi) is 5.65. The van der Waals surface area contributed by atoms with E-state index in [-0.39, 0.29) is 17.5 Å². The van der Waals surface area contributed by atoms with Crippen LogP contribution >= 0.6 is 11.6 Å². The molecule has 1 aliphatic rings. The van der Waals surface area contributed by atoms with Crippen molar-refractivity contribution in [2.24, 2.45) is 5.73 Å². The van der Waals surface area contributed by atoms with Gasteiger partial charge in [-0.3, -0.25) is 4.79 Å². The minimum absolute atomic E-state index is 0.0296. The first-order chi connectivity index (χ1) is 10.0. The van der Waals surface area contributed by atoms with Gasteiger partial charge in [0.2, 0.25) is 5.91 Å². The monoisotopic (exact) mass is 308 g/mol. The van der Waals surface area contributed by atoms with Crippen molar-refractivity contribution in [1.29, 1.82) is 0 Å². The quantitative estimate of drug-likeness (QED) is 0.865. The molecule has 0 heterocycles. The van der Waals surface area contributed by atoms with Crippen LogP contribution in [0, 0.1) is 0 Å². The molecule has 1 unspecified atom stereocenters. The summed E-state index contributed by atoms with van der Waals surface area (Å²) in [5, 5.41) is 3.82. The van der Waals surface area contributed by atoms with Gasteiger partial charge in [0, 0.05) is 17.0 Å². The fourth-order valence-corrected chi connectivity index (χ4v) is 3.24. The minimum Gasteiger partial charge on any atom is -0.349 e. The molecule has 1 atom stereocenters. The molecular weight excluding hydrogens is 284 g/mol. The summed E-state index contributed by atoms with van der Waals surface area (Å²) < 4.78 is 0. The number of amides is 1. The summed E-state index contributed by atoms with van der Waals surface area (Å²) in [6.07, 6.45) is 6.71. The highest BCUT2D eigenvalue weighted by molar-refractivity contribution is 6.30. The summed E-state index contributed by atoms with van der Waals surface area (Å²) in [4.78, 5) is 12.3. The van der Waals surface area contributed by atoms with E-state index in [1.165, 1.54) is 6.42 Å². The molecule has 3 nitrogen and oxygen atoms in total. The van der Waals surface area contributed by atoms with E-state index in [4.69, 9.17) is 17.3 Å². The maximum atomic E-state index is 12.3. The van der Waals surface area contributed by atoms with Gasteiger partial charge in [-0.15, -0.1) is 0 Å². The fraction of sp³-hybridized carbons (Fsp3) is 0.588. The van der Waals surface area contributed by atoms with Gasteiger partial charge in [-0.1, -0.05) is 49.9 Å². The SMILES string of the molecule is CCC(NC(=O)CC1(N)CCCCC1)c1ccc(Cl)cc1. The number of carbonyl (C=O) groups is 1. The van der Waals surface area contributed by atoms with Crippen LogP contribution in [0.2, 0.25) is 5.02 Å². The lowest BCUT2D eigenvalue weighted by molar-refractivity contribution is -0.123. The molecule has 2 rings (SSSR count). The van der Waals surface area contributed by atoms with Gasteiger partial charge >= 0.3 is 0 Å². The average molecular weight is 309 g/mol. The Morgan fingerprint density at radius 1 is 1.29 bits per heavy atom. The summed E-state index contributed by atoms with van der Waals surface area (Å²) in [7, 11) is 0. The number of hydrogen-bond donors (Lipinski definition) is 2. The van der Waals surface area contributed by atoms with Gasteiger partial charge in [-0.05, 0) is 37.0 Å². The van der Waals surface area contributed by atoms with Crippen LogP contribution in [-0.4, -0.2) is 11.4 Å². The van der Waals surface area contributed by atoms with E-state index in [1.807, 2.05) is 24.3 Å². The van der Waals surface area contributed by atoms with Crippen molar-refractivity contribution in [3.8, 4) is 0 Å². The normalized spacial score (nSPS) is 19.0. The number of nitrogens with one attached hydrogen (secondary N) is 1. The van der Waals surface area contributed by atoms with Crippen LogP contribution in [0.3, 0.4) is 0 Å². The Labute approximate surface area is 132 Å². The van der Waals surface area contributed by atoms with E-state index in [2.05, 4.69) is 12.2 Å². The van der Waals surface area contributed by atoms with Gasteiger partial charge in [0.05, 0.1) is 6.04 Å². The molecule has 0 aromatic heterocycles. The third-order valence-corrected chi connectivity index (χ3v) is 4.63. The molecule has 0 spiro atoms. The van der Waals surface area contributed by atoms with E-state index < -0.39 is 0 Å². The second-order valence-electron chi connectivity index (χ2n) is 6.18. The van der Waals surface area contributed by atoms with Crippen LogP contribution in [-0.2, 0) is 4.79 Å². The zero-order chi connectivity index (χ0) is 15.3. The van der Waals surface area contributed by atoms with Crippen molar-refractivity contribution in [3.05, 3.63) is 34.9 Å². The highest BCUT2D eigenvalue weighted by atomic mass is 35.5. The smallest absolute Gasteiger partial charge is 0.222 e. The first-order valence-corrected chi connectivity index (χ1v) is 8.24. The molecule has 0 radical (unpaired) electrons. The second-order valence-corrected chi connectivity index (χ2v) is 6.62. The van der Waals surface area contributed by atoms with E-state index in [1.54, 1.807) is 0 Å². The second kappa shape index (κ2) is 7.28. The molecule has 3 N–H and O–H groups in total. The van der Waals surface area contributed by atoms with E-state index in [0.717, 1.165) is 37.7 Å². The van der Waals surface area contributed by atoms with Crippen molar-refractivity contribution in [2.45, 2.75) is 63.5 Å². The van der Waals surface area contributed by atoms with E-state index in [0.29, 0.717) is 11.4 Å². The molecule has 116 valence electrons. The standard InChI is InChI=1S/C17H25ClN2O/c1-2-15(13-6-8-14(18)9-7-13)20-16(21)12-17(19)10-4-3-5-11-17/h6-9,15H,2-5,10-12,19H2,1H3,(H,20,21). The zero-order valence-electron chi connectivity index (χ0n) is 12.7. The first-order valence-electron chi connectivity index (χ1n) is 7.86. The van der Waals surface area contributed by atoms with Gasteiger partial charge < -0.3 is 11.1 Å². The highest BCUT2D eigenvalue weighted by Crippen LogP contribution is 2.29. The largest absolute Gasteiger partial charge is 0.349 e. The summed E-state index contributed by atoms with van der Waals surface area (Å²) >= 11 is 5.91. The third-order valence-electron chi connectivity index (χ3n) is 4.38. The number of carbonyl (C=O) groups excluding carboxylic acids is 1. The van der Waals surface area contributed by atoms with Gasteiger partial charge in [-0.2, -0.15) is 0 Å². The number of halogens is 1. The van der Waals surface area contributed by atoms with Crippen LogP contribution in [0.4, 0.5) is 0 Å². The number of hydrogen-bond acceptors (Lipinski definition) is 2. The molecule has 1 amide bonds. The van der Waals surface area contributed by atoms with Gasteiger partial charge in [0.25, 0.3) is 0 Å². The molecule has 1 aromatic carbocycles. The van der Waals surface area contributed by atoms with Crippen LogP contribution in [0.25, 0.3) is 0 Å². The molecule has 0 bridgehead atoms. The third kappa shape index (κ3) is 4.72. The molecule has 1 aromatic rings. The average Bonchev–Trinajstić information content (AvgIpc) is 2.46. The number of nitrogens with two attached hydrogens (primary N) is 1. The summed E-state index contributed by atoms with van der Waals surface area (Å²) in [5.41, 5.74) is 7.14. The summed E-state index contributed by atoms with van der Waals surface area (Å²) in [6, 6.07) is 7.68. The lowest BCUT2D eigenvalue weighted by atomic mass is 9.80. The lowest BCUT2D eigenvalue weighted by Crippen LogP contribution is -2.46. The molecule has 1 fully saturated rings. The summed E-state index contributed by atoms with van der Waals surface area (Å²) in [5.74, 6) is 0.0567. The fourth-order valence-electron chi connectivity index (χ4n) is 3.11. The van der Waals surface area contributed by atoms with E-state index in [9.17, 15) is 4.79 Å². The van der Waals surface area contributed by atoms with E-state index >= 15 is 0 Å². The molecule has 1 saturated carbocycles. The van der Waals surface area contributed by atoms with Crippen molar-refractivity contribution in [2.75, 3.05) is 0 Å². The Balaban J connectivity index is 1.94. The maximum Gasteiger partial charge on any atom is 0.222 e. The number of rotatable bonds is 5. The predicted molar refractivity (Wildman–Crippen MR) is 87.2 cm³/mol. The Hall–Kier alpha value is -1.06. The van der Waals surface area contributed by atoms with Gasteiger partial charge in [-0.25, -0.2) is 0 Å². The Bertz CT molecular complexity index is 466. The van der Waals surface area contributed by atoms with Crippen molar-refractivity contribution < 1.29 is 4.79 Å². The van der Waals surface area contributed by atoms with Crippen molar-refractivity contribution in [1.82, 2.24) is 5.32 Å². The number of benzene rings is 1. The molecular formula is C17H25ClN2O. The zero-order valence-corrected chi connectivity index (χ0v) is 13.5. The molecule has 1 aliphatic carbocycles. The van der Waals surface area contributed by atoms with Gasteiger partial charge in [0.1, 0.15) is 0 Å². The topological polar surface area (TPSA) is 55.1 Å². The molecule has 21 heavy (non-hydrogen) atoms. The molecule has 0 saturated heterocycles. The summed E-state index contributed by atoms with van der Waals surface area (Å²) in [6.45, 7) is 2.07. The maximum absolute atomic E-state index is 12.3. The van der Waals surface area contributed by atoms with Gasteiger partial charge in [0.15, 0.2) is 0 Å². The highest BCUT2D eigenvalue weighted by Gasteiger charge is 2.30.